The predicted molar refractivity (Wildman–Crippen MR) is 65.4 cm³/mol. The number of hydrogen-bond donors (Lipinski definition) is 1. The maximum absolute atomic E-state index is 13.7. The standard InChI is InChI=1S/C12H14FN5/c13-11-5-10(2-1-9(11)6-14)17-3-4-18-8-15-16-12(18)7-17/h1-2,5,8H,3-4,6-7,14H2. The van der Waals surface area contributed by atoms with Crippen LogP contribution < -0.4 is 10.6 Å². The minimum Gasteiger partial charge on any atom is -0.362 e. The molecule has 2 N–H and O–H groups in total. The second-order valence-electron chi connectivity index (χ2n) is 4.34. The van der Waals surface area contributed by atoms with Gasteiger partial charge in [0.05, 0.1) is 6.54 Å². The van der Waals surface area contributed by atoms with E-state index >= 15 is 0 Å². The van der Waals surface area contributed by atoms with Gasteiger partial charge in [0.2, 0.25) is 0 Å². The molecule has 1 aromatic heterocycles. The highest BCUT2D eigenvalue weighted by Gasteiger charge is 2.18. The number of fused-ring (bicyclic) bond motifs is 1. The third-order valence-corrected chi connectivity index (χ3v) is 3.26. The number of rotatable bonds is 2. The molecule has 94 valence electrons. The van der Waals surface area contributed by atoms with Crippen molar-refractivity contribution in [3.05, 3.63) is 41.7 Å². The average molecular weight is 247 g/mol. The Balaban J connectivity index is 1.86. The summed E-state index contributed by atoms with van der Waals surface area (Å²) >= 11 is 0. The molecule has 0 radical (unpaired) electrons. The number of nitrogens with zero attached hydrogens (tertiary/aromatic N) is 4. The van der Waals surface area contributed by atoms with E-state index in [1.54, 1.807) is 12.4 Å². The molecule has 0 aliphatic carbocycles. The Bertz CT molecular complexity index is 565. The smallest absolute Gasteiger partial charge is 0.152 e. The quantitative estimate of drug-likeness (QED) is 0.856. The molecule has 0 amide bonds. The summed E-state index contributed by atoms with van der Waals surface area (Å²) in [5, 5.41) is 7.92. The van der Waals surface area contributed by atoms with Gasteiger partial charge in [0, 0.05) is 30.9 Å². The summed E-state index contributed by atoms with van der Waals surface area (Å²) in [5.41, 5.74) is 6.85. The zero-order valence-corrected chi connectivity index (χ0v) is 9.88. The first-order valence-electron chi connectivity index (χ1n) is 5.88. The molecule has 0 unspecified atom stereocenters. The molecule has 0 spiro atoms. The largest absolute Gasteiger partial charge is 0.362 e. The van der Waals surface area contributed by atoms with E-state index in [9.17, 15) is 4.39 Å². The van der Waals surface area contributed by atoms with E-state index in [1.165, 1.54) is 6.07 Å². The first kappa shape index (κ1) is 11.2. The summed E-state index contributed by atoms with van der Waals surface area (Å²) in [7, 11) is 0. The normalized spacial score (nSPS) is 14.7. The number of halogens is 1. The molecule has 1 aliphatic rings. The Morgan fingerprint density at radius 2 is 2.22 bits per heavy atom. The van der Waals surface area contributed by atoms with Crippen molar-refractivity contribution in [2.24, 2.45) is 5.73 Å². The Morgan fingerprint density at radius 3 is 3.00 bits per heavy atom. The summed E-state index contributed by atoms with van der Waals surface area (Å²) < 4.78 is 15.7. The van der Waals surface area contributed by atoms with Gasteiger partial charge in [-0.25, -0.2) is 4.39 Å². The van der Waals surface area contributed by atoms with Crippen molar-refractivity contribution in [3.8, 4) is 0 Å². The van der Waals surface area contributed by atoms with Crippen LogP contribution >= 0.6 is 0 Å². The number of nitrogens with two attached hydrogens (primary N) is 1. The predicted octanol–water partition coefficient (Wildman–Crippen LogP) is 0.896. The Hall–Kier alpha value is -1.95. The lowest BCUT2D eigenvalue weighted by Crippen LogP contribution is -2.33. The molecule has 2 aromatic rings. The van der Waals surface area contributed by atoms with E-state index in [1.807, 2.05) is 10.6 Å². The van der Waals surface area contributed by atoms with Crippen molar-refractivity contribution in [2.75, 3.05) is 11.4 Å². The highest BCUT2D eigenvalue weighted by atomic mass is 19.1. The van der Waals surface area contributed by atoms with Crippen LogP contribution in [0.5, 0.6) is 0 Å². The minimum absolute atomic E-state index is 0.223. The monoisotopic (exact) mass is 247 g/mol. The molecule has 6 heteroatoms. The van der Waals surface area contributed by atoms with Crippen LogP contribution in [0.15, 0.2) is 24.5 Å². The molecule has 5 nitrogen and oxygen atoms in total. The zero-order chi connectivity index (χ0) is 12.5. The highest BCUT2D eigenvalue weighted by molar-refractivity contribution is 5.48. The molecule has 0 saturated carbocycles. The summed E-state index contributed by atoms with van der Waals surface area (Å²) in [4.78, 5) is 2.09. The second kappa shape index (κ2) is 4.38. The summed E-state index contributed by atoms with van der Waals surface area (Å²) in [6.07, 6.45) is 1.73. The van der Waals surface area contributed by atoms with Crippen LogP contribution in [0.3, 0.4) is 0 Å². The molecular formula is C12H14FN5. The van der Waals surface area contributed by atoms with Crippen LogP contribution in [-0.2, 0) is 19.6 Å². The van der Waals surface area contributed by atoms with Crippen molar-refractivity contribution < 1.29 is 4.39 Å². The third kappa shape index (κ3) is 1.84. The molecule has 0 saturated heterocycles. The van der Waals surface area contributed by atoms with Crippen LogP contribution in [0.1, 0.15) is 11.4 Å². The lowest BCUT2D eigenvalue weighted by molar-refractivity contribution is 0.556. The van der Waals surface area contributed by atoms with Gasteiger partial charge in [0.25, 0.3) is 0 Å². The lowest BCUT2D eigenvalue weighted by atomic mass is 10.1. The van der Waals surface area contributed by atoms with Gasteiger partial charge < -0.3 is 15.2 Å². The van der Waals surface area contributed by atoms with Crippen molar-refractivity contribution in [2.45, 2.75) is 19.6 Å². The SMILES string of the molecule is NCc1ccc(N2CCn3cnnc3C2)cc1F. The van der Waals surface area contributed by atoms with Crippen LogP contribution in [0.25, 0.3) is 0 Å². The number of anilines is 1. The number of benzene rings is 1. The van der Waals surface area contributed by atoms with Gasteiger partial charge in [-0.15, -0.1) is 10.2 Å². The maximum atomic E-state index is 13.7. The van der Waals surface area contributed by atoms with E-state index in [0.717, 1.165) is 24.6 Å². The van der Waals surface area contributed by atoms with Crippen molar-refractivity contribution in [3.63, 3.8) is 0 Å². The van der Waals surface area contributed by atoms with E-state index < -0.39 is 0 Å². The van der Waals surface area contributed by atoms with Crippen LogP contribution in [0, 0.1) is 5.82 Å². The topological polar surface area (TPSA) is 60.0 Å². The van der Waals surface area contributed by atoms with E-state index in [-0.39, 0.29) is 12.4 Å². The van der Waals surface area contributed by atoms with Gasteiger partial charge >= 0.3 is 0 Å². The average Bonchev–Trinajstić information content (AvgIpc) is 2.85. The van der Waals surface area contributed by atoms with Gasteiger partial charge in [0.1, 0.15) is 12.1 Å². The van der Waals surface area contributed by atoms with Crippen molar-refractivity contribution in [1.82, 2.24) is 14.8 Å². The Kier molecular flexibility index (Phi) is 2.71. The molecule has 1 aromatic carbocycles. The number of aromatic nitrogens is 3. The first-order chi connectivity index (χ1) is 8.78. The van der Waals surface area contributed by atoms with Crippen molar-refractivity contribution >= 4 is 5.69 Å². The summed E-state index contributed by atoms with van der Waals surface area (Å²) in [6.45, 7) is 2.52. The molecule has 3 rings (SSSR count). The Labute approximate surface area is 104 Å². The van der Waals surface area contributed by atoms with Gasteiger partial charge in [-0.3, -0.25) is 0 Å². The van der Waals surface area contributed by atoms with E-state index in [0.29, 0.717) is 12.1 Å². The third-order valence-electron chi connectivity index (χ3n) is 3.26. The van der Waals surface area contributed by atoms with Crippen LogP contribution in [-0.4, -0.2) is 21.3 Å². The van der Waals surface area contributed by atoms with E-state index in [4.69, 9.17) is 5.73 Å². The van der Waals surface area contributed by atoms with Crippen molar-refractivity contribution in [1.29, 1.82) is 0 Å². The van der Waals surface area contributed by atoms with Gasteiger partial charge in [-0.2, -0.15) is 0 Å². The van der Waals surface area contributed by atoms with Crippen LogP contribution in [0.4, 0.5) is 10.1 Å². The summed E-state index contributed by atoms with van der Waals surface area (Å²) in [5.74, 6) is 0.659. The van der Waals surface area contributed by atoms with Gasteiger partial charge in [0.15, 0.2) is 5.82 Å². The molecule has 0 bridgehead atoms. The fourth-order valence-electron chi connectivity index (χ4n) is 2.19. The molecule has 18 heavy (non-hydrogen) atoms. The molecule has 0 fully saturated rings. The van der Waals surface area contributed by atoms with Gasteiger partial charge in [-0.1, -0.05) is 6.07 Å². The lowest BCUT2D eigenvalue weighted by Gasteiger charge is -2.29. The first-order valence-corrected chi connectivity index (χ1v) is 5.88. The Morgan fingerprint density at radius 1 is 1.33 bits per heavy atom. The minimum atomic E-state index is -0.248. The fourth-order valence-corrected chi connectivity index (χ4v) is 2.19. The zero-order valence-electron chi connectivity index (χ0n) is 9.88. The maximum Gasteiger partial charge on any atom is 0.152 e. The van der Waals surface area contributed by atoms with Crippen LogP contribution in [0.2, 0.25) is 0 Å². The fraction of sp³-hybridized carbons (Fsp3) is 0.333. The molecule has 1 aliphatic heterocycles. The second-order valence-corrected chi connectivity index (χ2v) is 4.34. The molecule has 0 atom stereocenters. The molecule has 2 heterocycles. The summed E-state index contributed by atoms with van der Waals surface area (Å²) in [6, 6.07) is 5.18. The molecular weight excluding hydrogens is 233 g/mol. The number of hydrogen-bond acceptors (Lipinski definition) is 4. The van der Waals surface area contributed by atoms with E-state index in [2.05, 4.69) is 15.1 Å². The highest BCUT2D eigenvalue weighted by Crippen LogP contribution is 2.22. The van der Waals surface area contributed by atoms with Gasteiger partial charge in [-0.05, 0) is 12.1 Å².